The Morgan fingerprint density at radius 2 is 2.27 bits per heavy atom. The minimum atomic E-state index is -0.154. The molecule has 1 unspecified atom stereocenters. The summed E-state index contributed by atoms with van der Waals surface area (Å²) in [4.78, 5) is 10.4. The molecular weight excluding hydrogens is 142 g/mol. The van der Waals surface area contributed by atoms with E-state index in [2.05, 4.69) is 5.32 Å². The molecule has 0 saturated heterocycles. The molecule has 0 aliphatic rings. The van der Waals surface area contributed by atoms with Gasteiger partial charge in [-0.25, -0.2) is 0 Å². The van der Waals surface area contributed by atoms with Crippen LogP contribution in [-0.4, -0.2) is 16.9 Å². The van der Waals surface area contributed by atoms with Gasteiger partial charge in [0.05, 0.1) is 0 Å². The zero-order valence-corrected chi connectivity index (χ0v) is 7.22. The average molecular weight is 157 g/mol. The van der Waals surface area contributed by atoms with Gasteiger partial charge >= 0.3 is 0 Å². The van der Waals surface area contributed by atoms with Gasteiger partial charge in [-0.1, -0.05) is 6.92 Å². The van der Waals surface area contributed by atoms with E-state index in [9.17, 15) is 4.79 Å². The van der Waals surface area contributed by atoms with Crippen molar-refractivity contribution in [2.75, 3.05) is 0 Å². The van der Waals surface area contributed by atoms with Gasteiger partial charge in [0, 0.05) is 12.1 Å². The number of nitrogens with one attached hydrogen (secondary N) is 1. The molecule has 0 aromatic rings. The first-order chi connectivity index (χ1) is 5.06. The lowest BCUT2D eigenvalue weighted by atomic mass is 10.2. The number of allylic oxidation sites excluding steroid dienone is 1. The van der Waals surface area contributed by atoms with Crippen LogP contribution in [0.15, 0.2) is 12.0 Å². The van der Waals surface area contributed by atoms with Gasteiger partial charge in [0.15, 0.2) is 11.7 Å². The Labute approximate surface area is 67.1 Å². The van der Waals surface area contributed by atoms with Crippen LogP contribution in [0.3, 0.4) is 0 Å². The number of carbonyl (C=O) groups excluding carboxylic acids is 1. The number of carbonyl (C=O) groups is 1. The van der Waals surface area contributed by atoms with Gasteiger partial charge < -0.3 is 10.4 Å². The molecule has 0 aliphatic carbocycles. The maximum atomic E-state index is 10.4. The highest BCUT2D eigenvalue weighted by Crippen LogP contribution is 1.92. The van der Waals surface area contributed by atoms with Crippen molar-refractivity contribution in [3.05, 3.63) is 12.0 Å². The van der Waals surface area contributed by atoms with Crippen LogP contribution < -0.4 is 5.32 Å². The molecule has 0 fully saturated rings. The van der Waals surface area contributed by atoms with E-state index >= 15 is 0 Å². The second-order valence-corrected chi connectivity index (χ2v) is 2.59. The van der Waals surface area contributed by atoms with E-state index < -0.39 is 0 Å². The molecule has 3 heteroatoms. The van der Waals surface area contributed by atoms with Crippen LogP contribution >= 0.6 is 0 Å². The van der Waals surface area contributed by atoms with Crippen molar-refractivity contribution in [1.82, 2.24) is 5.32 Å². The predicted octanol–water partition coefficient (Wildman–Crippen LogP) is 1.36. The molecule has 0 bridgehead atoms. The number of aliphatic hydroxyl groups is 1. The minimum Gasteiger partial charge on any atom is -0.495 e. The molecule has 0 saturated carbocycles. The molecule has 0 heterocycles. The Kier molecular flexibility index (Phi) is 4.34. The molecule has 0 radical (unpaired) electrons. The van der Waals surface area contributed by atoms with Gasteiger partial charge in [-0.2, -0.15) is 0 Å². The summed E-state index contributed by atoms with van der Waals surface area (Å²) >= 11 is 0. The molecule has 0 aliphatic heterocycles. The first kappa shape index (κ1) is 10.0. The zero-order chi connectivity index (χ0) is 8.85. The highest BCUT2D eigenvalue weighted by molar-refractivity contribution is 5.87. The Balaban J connectivity index is 3.85. The Hall–Kier alpha value is -0.990. The summed E-state index contributed by atoms with van der Waals surface area (Å²) in [5.74, 6) is -0.204. The summed E-state index contributed by atoms with van der Waals surface area (Å²) < 4.78 is 0. The van der Waals surface area contributed by atoms with Crippen LogP contribution in [0.4, 0.5) is 0 Å². The van der Waals surface area contributed by atoms with E-state index in [-0.39, 0.29) is 17.7 Å². The van der Waals surface area contributed by atoms with Crippen LogP contribution in [-0.2, 0) is 4.79 Å². The molecule has 0 spiro atoms. The second kappa shape index (κ2) is 4.77. The van der Waals surface area contributed by atoms with Crippen LogP contribution in [0.1, 0.15) is 27.2 Å². The minimum absolute atomic E-state index is 0.0492. The van der Waals surface area contributed by atoms with Crippen LogP contribution in [0.2, 0.25) is 0 Å². The fourth-order valence-electron chi connectivity index (χ4n) is 0.589. The lowest BCUT2D eigenvalue weighted by molar-refractivity contribution is -0.112. The molecule has 0 aromatic heterocycles. The molecule has 0 aromatic carbocycles. The summed E-state index contributed by atoms with van der Waals surface area (Å²) in [5, 5.41) is 11.8. The lowest BCUT2D eigenvalue weighted by Gasteiger charge is -2.10. The lowest BCUT2D eigenvalue weighted by Crippen LogP contribution is -2.24. The predicted molar refractivity (Wildman–Crippen MR) is 44.3 cm³/mol. The molecule has 11 heavy (non-hydrogen) atoms. The Morgan fingerprint density at radius 3 is 2.64 bits per heavy atom. The summed E-state index contributed by atoms with van der Waals surface area (Å²) in [6.45, 7) is 5.33. The van der Waals surface area contributed by atoms with E-state index in [1.807, 2.05) is 13.8 Å². The number of ketones is 1. The number of hydrogen-bond donors (Lipinski definition) is 2. The summed E-state index contributed by atoms with van der Waals surface area (Å²) in [6.07, 6.45) is 2.09. The SMILES string of the molecule is CCC(C)N/C(O)=C/C(C)=O. The van der Waals surface area contributed by atoms with E-state index in [0.29, 0.717) is 0 Å². The number of hydrogen-bond acceptors (Lipinski definition) is 3. The van der Waals surface area contributed by atoms with Crippen LogP contribution in [0.5, 0.6) is 0 Å². The fourth-order valence-corrected chi connectivity index (χ4v) is 0.589. The molecule has 64 valence electrons. The Bertz CT molecular complexity index is 163. The molecule has 3 nitrogen and oxygen atoms in total. The number of aliphatic hydroxyl groups excluding tert-OH is 1. The second-order valence-electron chi connectivity index (χ2n) is 2.59. The van der Waals surface area contributed by atoms with Crippen LogP contribution in [0, 0.1) is 0 Å². The summed E-state index contributed by atoms with van der Waals surface area (Å²) in [6, 6.07) is 0.200. The quantitative estimate of drug-likeness (QED) is 0.478. The largest absolute Gasteiger partial charge is 0.495 e. The maximum Gasteiger partial charge on any atom is 0.187 e. The highest BCUT2D eigenvalue weighted by Gasteiger charge is 1.99. The van der Waals surface area contributed by atoms with Gasteiger partial charge in [0.2, 0.25) is 0 Å². The molecular formula is C8H15NO2. The van der Waals surface area contributed by atoms with Gasteiger partial charge in [-0.3, -0.25) is 4.79 Å². The first-order valence-electron chi connectivity index (χ1n) is 3.74. The number of rotatable bonds is 4. The molecule has 2 N–H and O–H groups in total. The summed E-state index contributed by atoms with van der Waals surface area (Å²) in [5.41, 5.74) is 0. The van der Waals surface area contributed by atoms with Gasteiger partial charge in [0.25, 0.3) is 0 Å². The average Bonchev–Trinajstić information content (AvgIpc) is 1.85. The maximum absolute atomic E-state index is 10.4. The standard InChI is InChI=1S/C8H15NO2/c1-4-6(2)9-8(11)5-7(3)10/h5-6,9,11H,4H2,1-3H3/b8-5-. The monoisotopic (exact) mass is 157 g/mol. The normalized spacial score (nSPS) is 14.3. The van der Waals surface area contributed by atoms with E-state index in [1.165, 1.54) is 13.0 Å². The third-order valence-corrected chi connectivity index (χ3v) is 1.35. The van der Waals surface area contributed by atoms with Crippen molar-refractivity contribution in [2.24, 2.45) is 0 Å². The third kappa shape index (κ3) is 5.45. The van der Waals surface area contributed by atoms with Crippen molar-refractivity contribution in [1.29, 1.82) is 0 Å². The third-order valence-electron chi connectivity index (χ3n) is 1.35. The van der Waals surface area contributed by atoms with Crippen molar-refractivity contribution >= 4 is 5.78 Å². The van der Waals surface area contributed by atoms with Gasteiger partial charge in [-0.15, -0.1) is 0 Å². The van der Waals surface area contributed by atoms with Crippen molar-refractivity contribution < 1.29 is 9.90 Å². The topological polar surface area (TPSA) is 49.3 Å². The van der Waals surface area contributed by atoms with E-state index in [1.54, 1.807) is 0 Å². The first-order valence-corrected chi connectivity index (χ1v) is 3.74. The van der Waals surface area contributed by atoms with Crippen molar-refractivity contribution in [2.45, 2.75) is 33.2 Å². The van der Waals surface area contributed by atoms with Crippen LogP contribution in [0.25, 0.3) is 0 Å². The molecule has 0 amide bonds. The highest BCUT2D eigenvalue weighted by atomic mass is 16.3. The van der Waals surface area contributed by atoms with Crippen molar-refractivity contribution in [3.8, 4) is 0 Å². The zero-order valence-electron chi connectivity index (χ0n) is 7.22. The van der Waals surface area contributed by atoms with E-state index in [0.717, 1.165) is 6.42 Å². The van der Waals surface area contributed by atoms with Gasteiger partial charge in [-0.05, 0) is 20.3 Å². The molecule has 0 rings (SSSR count). The fraction of sp³-hybridized carbons (Fsp3) is 0.625. The smallest absolute Gasteiger partial charge is 0.187 e. The van der Waals surface area contributed by atoms with E-state index in [4.69, 9.17) is 5.11 Å². The Morgan fingerprint density at radius 1 is 1.73 bits per heavy atom. The van der Waals surface area contributed by atoms with Gasteiger partial charge in [0.1, 0.15) is 0 Å². The van der Waals surface area contributed by atoms with Crippen molar-refractivity contribution in [3.63, 3.8) is 0 Å². The molecule has 1 atom stereocenters. The summed E-state index contributed by atoms with van der Waals surface area (Å²) in [7, 11) is 0.